The molecule has 0 unspecified atom stereocenters. The molecule has 0 spiro atoms. The molecule has 2 heterocycles. The van der Waals surface area contributed by atoms with Crippen LogP contribution in [0, 0.1) is 0 Å². The topological polar surface area (TPSA) is 60.5 Å². The highest BCUT2D eigenvalue weighted by Crippen LogP contribution is 2.36. The summed E-state index contributed by atoms with van der Waals surface area (Å²) in [4.78, 5) is 17.3. The van der Waals surface area contributed by atoms with Gasteiger partial charge in [-0.3, -0.25) is 9.78 Å². The minimum Gasteiger partial charge on any atom is -0.497 e. The summed E-state index contributed by atoms with van der Waals surface area (Å²) in [5, 5.41) is 3.10. The van der Waals surface area contributed by atoms with Gasteiger partial charge < -0.3 is 14.8 Å². The maximum Gasteiger partial charge on any atom is 0.230 e. The van der Waals surface area contributed by atoms with E-state index in [0.717, 1.165) is 23.4 Å². The molecule has 25 heavy (non-hydrogen) atoms. The van der Waals surface area contributed by atoms with Crippen LogP contribution in [0.3, 0.4) is 0 Å². The highest BCUT2D eigenvalue weighted by Gasteiger charge is 2.41. The van der Waals surface area contributed by atoms with Crippen molar-refractivity contribution in [2.24, 2.45) is 0 Å². The third-order valence-corrected chi connectivity index (χ3v) is 4.82. The number of hydrogen-bond acceptors (Lipinski definition) is 4. The lowest BCUT2D eigenvalue weighted by Crippen LogP contribution is -2.48. The summed E-state index contributed by atoms with van der Waals surface area (Å²) in [6.45, 7) is 1.77. The number of carbonyl (C=O) groups excluding carboxylic acids is 1. The lowest BCUT2D eigenvalue weighted by molar-refractivity contribution is -0.130. The Morgan fingerprint density at radius 2 is 1.96 bits per heavy atom. The SMILES string of the molecule is COc1ccc(C2(C(=O)NCCc3ccccn3)CCOCC2)cc1. The Kier molecular flexibility index (Phi) is 5.66. The summed E-state index contributed by atoms with van der Waals surface area (Å²) >= 11 is 0. The van der Waals surface area contributed by atoms with Crippen LogP contribution >= 0.6 is 0 Å². The van der Waals surface area contributed by atoms with Crippen molar-refractivity contribution in [3.05, 3.63) is 59.9 Å². The largest absolute Gasteiger partial charge is 0.497 e. The average Bonchev–Trinajstić information content (AvgIpc) is 2.69. The van der Waals surface area contributed by atoms with E-state index in [2.05, 4.69) is 10.3 Å². The van der Waals surface area contributed by atoms with E-state index in [0.29, 0.717) is 32.6 Å². The third kappa shape index (κ3) is 3.99. The zero-order chi connectivity index (χ0) is 17.5. The molecule has 1 fully saturated rings. The second-order valence-corrected chi connectivity index (χ2v) is 6.25. The van der Waals surface area contributed by atoms with Gasteiger partial charge in [0, 0.05) is 38.1 Å². The van der Waals surface area contributed by atoms with E-state index in [1.807, 2.05) is 42.5 Å². The molecule has 0 radical (unpaired) electrons. The highest BCUT2D eigenvalue weighted by atomic mass is 16.5. The number of carbonyl (C=O) groups is 1. The number of pyridine rings is 1. The maximum atomic E-state index is 13.0. The number of nitrogens with one attached hydrogen (secondary N) is 1. The monoisotopic (exact) mass is 340 g/mol. The molecule has 132 valence electrons. The van der Waals surface area contributed by atoms with Gasteiger partial charge in [-0.1, -0.05) is 18.2 Å². The van der Waals surface area contributed by atoms with Crippen molar-refractivity contribution in [3.8, 4) is 5.75 Å². The van der Waals surface area contributed by atoms with Gasteiger partial charge in [0.1, 0.15) is 5.75 Å². The van der Waals surface area contributed by atoms with Gasteiger partial charge in [0.2, 0.25) is 5.91 Å². The zero-order valence-electron chi connectivity index (χ0n) is 14.5. The molecule has 5 heteroatoms. The lowest BCUT2D eigenvalue weighted by atomic mass is 9.73. The Hall–Kier alpha value is -2.40. The number of ether oxygens (including phenoxy) is 2. The first-order valence-corrected chi connectivity index (χ1v) is 8.65. The van der Waals surface area contributed by atoms with E-state index in [1.165, 1.54) is 0 Å². The van der Waals surface area contributed by atoms with E-state index in [4.69, 9.17) is 9.47 Å². The van der Waals surface area contributed by atoms with Crippen LogP contribution in [0.25, 0.3) is 0 Å². The van der Waals surface area contributed by atoms with Gasteiger partial charge in [-0.2, -0.15) is 0 Å². The maximum absolute atomic E-state index is 13.0. The lowest BCUT2D eigenvalue weighted by Gasteiger charge is -2.36. The molecule has 1 aliphatic rings. The van der Waals surface area contributed by atoms with Crippen molar-refractivity contribution in [1.29, 1.82) is 0 Å². The summed E-state index contributed by atoms with van der Waals surface area (Å²) in [7, 11) is 1.64. The summed E-state index contributed by atoms with van der Waals surface area (Å²) in [6, 6.07) is 13.6. The Morgan fingerprint density at radius 3 is 2.60 bits per heavy atom. The molecule has 1 saturated heterocycles. The molecule has 1 aliphatic heterocycles. The average molecular weight is 340 g/mol. The van der Waals surface area contributed by atoms with E-state index in [-0.39, 0.29) is 5.91 Å². The molecule has 1 aromatic carbocycles. The minimum atomic E-state index is -0.533. The summed E-state index contributed by atoms with van der Waals surface area (Å²) < 4.78 is 10.7. The molecular formula is C20H24N2O3. The summed E-state index contributed by atoms with van der Waals surface area (Å²) in [6.07, 6.45) is 3.87. The zero-order valence-corrected chi connectivity index (χ0v) is 14.5. The minimum absolute atomic E-state index is 0.0666. The van der Waals surface area contributed by atoms with Crippen LogP contribution < -0.4 is 10.1 Å². The van der Waals surface area contributed by atoms with Gasteiger partial charge >= 0.3 is 0 Å². The molecule has 1 aromatic heterocycles. The van der Waals surface area contributed by atoms with Crippen LogP contribution in [-0.4, -0.2) is 37.8 Å². The quantitative estimate of drug-likeness (QED) is 0.878. The molecule has 0 saturated carbocycles. The van der Waals surface area contributed by atoms with Gasteiger partial charge in [-0.05, 0) is 42.7 Å². The standard InChI is InChI=1S/C20H24N2O3/c1-24-18-7-5-16(6-8-18)20(10-14-25-15-11-20)19(23)22-13-9-17-4-2-3-12-21-17/h2-8,12H,9-11,13-15H2,1H3,(H,22,23). The van der Waals surface area contributed by atoms with Crippen molar-refractivity contribution in [1.82, 2.24) is 10.3 Å². The van der Waals surface area contributed by atoms with Crippen LogP contribution in [0.2, 0.25) is 0 Å². The fraction of sp³-hybridized carbons (Fsp3) is 0.400. The van der Waals surface area contributed by atoms with Crippen LogP contribution in [0.1, 0.15) is 24.1 Å². The first-order chi connectivity index (χ1) is 12.2. The normalized spacial score (nSPS) is 16.2. The Bertz CT molecular complexity index is 680. The molecule has 3 rings (SSSR count). The van der Waals surface area contributed by atoms with Gasteiger partial charge in [0.25, 0.3) is 0 Å². The number of benzene rings is 1. The number of amides is 1. The molecule has 0 bridgehead atoms. The first-order valence-electron chi connectivity index (χ1n) is 8.65. The second-order valence-electron chi connectivity index (χ2n) is 6.25. The molecule has 2 aromatic rings. The van der Waals surface area contributed by atoms with Gasteiger partial charge in [0.15, 0.2) is 0 Å². The number of nitrogens with zero attached hydrogens (tertiary/aromatic N) is 1. The van der Waals surface area contributed by atoms with Gasteiger partial charge in [-0.15, -0.1) is 0 Å². The predicted octanol–water partition coefficient (Wildman–Crippen LogP) is 2.50. The molecule has 1 amide bonds. The molecule has 1 N–H and O–H groups in total. The number of rotatable bonds is 6. The van der Waals surface area contributed by atoms with Crippen molar-refractivity contribution in [2.75, 3.05) is 26.9 Å². The third-order valence-electron chi connectivity index (χ3n) is 4.82. The van der Waals surface area contributed by atoms with E-state index in [9.17, 15) is 4.79 Å². The van der Waals surface area contributed by atoms with Crippen molar-refractivity contribution >= 4 is 5.91 Å². The number of hydrogen-bond donors (Lipinski definition) is 1. The van der Waals surface area contributed by atoms with E-state index < -0.39 is 5.41 Å². The summed E-state index contributed by atoms with van der Waals surface area (Å²) in [5.74, 6) is 0.860. The summed E-state index contributed by atoms with van der Waals surface area (Å²) in [5.41, 5.74) is 1.47. The van der Waals surface area contributed by atoms with Gasteiger partial charge in [-0.25, -0.2) is 0 Å². The van der Waals surface area contributed by atoms with Gasteiger partial charge in [0.05, 0.1) is 12.5 Å². The molecule has 0 aliphatic carbocycles. The first kappa shape index (κ1) is 17.4. The molecule has 5 nitrogen and oxygen atoms in total. The Labute approximate surface area is 148 Å². The number of methoxy groups -OCH3 is 1. The predicted molar refractivity (Wildman–Crippen MR) is 95.7 cm³/mol. The van der Waals surface area contributed by atoms with Crippen molar-refractivity contribution in [2.45, 2.75) is 24.7 Å². The smallest absolute Gasteiger partial charge is 0.230 e. The van der Waals surface area contributed by atoms with Crippen LogP contribution in [-0.2, 0) is 21.4 Å². The van der Waals surface area contributed by atoms with Crippen LogP contribution in [0.4, 0.5) is 0 Å². The van der Waals surface area contributed by atoms with Crippen LogP contribution in [0.15, 0.2) is 48.7 Å². The van der Waals surface area contributed by atoms with E-state index >= 15 is 0 Å². The molecular weight excluding hydrogens is 316 g/mol. The highest BCUT2D eigenvalue weighted by molar-refractivity contribution is 5.88. The van der Waals surface area contributed by atoms with Crippen molar-refractivity contribution in [3.63, 3.8) is 0 Å². The Morgan fingerprint density at radius 1 is 1.20 bits per heavy atom. The fourth-order valence-electron chi connectivity index (χ4n) is 3.30. The number of aromatic nitrogens is 1. The second kappa shape index (κ2) is 8.12. The van der Waals surface area contributed by atoms with Crippen molar-refractivity contribution < 1.29 is 14.3 Å². The Balaban J connectivity index is 1.71. The molecule has 0 atom stereocenters. The van der Waals surface area contributed by atoms with E-state index in [1.54, 1.807) is 13.3 Å². The fourth-order valence-corrected chi connectivity index (χ4v) is 3.30. The van der Waals surface area contributed by atoms with Crippen LogP contribution in [0.5, 0.6) is 5.75 Å².